The van der Waals surface area contributed by atoms with E-state index in [0.717, 1.165) is 25.7 Å². The average molecular weight is 192 g/mol. The van der Waals surface area contributed by atoms with E-state index in [9.17, 15) is 4.79 Å². The Labute approximate surface area is 77.7 Å². The molecule has 3 nitrogen and oxygen atoms in total. The van der Waals surface area contributed by atoms with Crippen molar-refractivity contribution in [1.29, 1.82) is 0 Å². The first-order chi connectivity index (χ1) is 5.14. The van der Waals surface area contributed by atoms with E-state index < -0.39 is 5.97 Å². The summed E-state index contributed by atoms with van der Waals surface area (Å²) in [5.74, 6) is -0.740. The Balaban J connectivity index is 0.000000720. The smallest absolute Gasteiger partial charge is 0.306 e. The molecule has 0 aromatic carbocycles. The molecule has 1 unspecified atom stereocenters. The summed E-state index contributed by atoms with van der Waals surface area (Å²) in [6.45, 7) is 0. The van der Waals surface area contributed by atoms with Gasteiger partial charge in [0.2, 0.25) is 0 Å². The molecule has 0 bridgehead atoms. The quantitative estimate of drug-likeness (QED) is 0.650. The van der Waals surface area contributed by atoms with Crippen molar-refractivity contribution in [2.75, 3.05) is 0 Å². The highest BCUT2D eigenvalue weighted by Gasteiger charge is 2.55. The Kier molecular flexibility index (Phi) is 2.36. The molecule has 2 aliphatic rings. The van der Waals surface area contributed by atoms with Gasteiger partial charge in [0.1, 0.15) is 0 Å². The van der Waals surface area contributed by atoms with E-state index in [1.165, 1.54) is 0 Å². The minimum Gasteiger partial charge on any atom is -0.481 e. The zero-order valence-electron chi connectivity index (χ0n) is 6.82. The van der Waals surface area contributed by atoms with Crippen molar-refractivity contribution in [3.63, 3.8) is 0 Å². The maximum atomic E-state index is 10.5. The molecule has 0 amide bonds. The number of hydrogen-bond acceptors (Lipinski definition) is 2. The monoisotopic (exact) mass is 191 g/mol. The van der Waals surface area contributed by atoms with Gasteiger partial charge in [-0.05, 0) is 31.1 Å². The Hall–Kier alpha value is -0.280. The molecule has 2 fully saturated rings. The largest absolute Gasteiger partial charge is 0.481 e. The lowest BCUT2D eigenvalue weighted by molar-refractivity contribution is -0.155. The normalized spacial score (nSPS) is 44.1. The lowest BCUT2D eigenvalue weighted by Crippen LogP contribution is -2.59. The van der Waals surface area contributed by atoms with Crippen LogP contribution in [0.1, 0.15) is 25.7 Å². The second kappa shape index (κ2) is 2.89. The van der Waals surface area contributed by atoms with Crippen LogP contribution in [-0.4, -0.2) is 17.1 Å². The number of aliphatic carboxylic acids is 1. The van der Waals surface area contributed by atoms with Gasteiger partial charge in [-0.1, -0.05) is 0 Å². The summed E-state index contributed by atoms with van der Waals surface area (Å²) in [4.78, 5) is 10.5. The Morgan fingerprint density at radius 1 is 1.50 bits per heavy atom. The highest BCUT2D eigenvalue weighted by atomic mass is 35.5. The summed E-state index contributed by atoms with van der Waals surface area (Å²) in [6.07, 6.45) is 3.89. The van der Waals surface area contributed by atoms with Gasteiger partial charge < -0.3 is 10.8 Å². The van der Waals surface area contributed by atoms with Gasteiger partial charge in [0, 0.05) is 6.04 Å². The molecule has 1 atom stereocenters. The molecule has 0 aliphatic heterocycles. The summed E-state index contributed by atoms with van der Waals surface area (Å²) in [5, 5.41) is 8.63. The molecular weight excluding hydrogens is 178 g/mol. The van der Waals surface area contributed by atoms with Crippen molar-refractivity contribution < 1.29 is 9.90 Å². The van der Waals surface area contributed by atoms with Crippen LogP contribution in [0.5, 0.6) is 0 Å². The topological polar surface area (TPSA) is 63.3 Å². The zero-order chi connectivity index (χ0) is 8.06. The number of nitrogens with two attached hydrogens (primary N) is 1. The minimum absolute atomic E-state index is 0. The fourth-order valence-corrected chi connectivity index (χ4v) is 2.32. The standard InChI is InChI=1S/C8H13NO2.ClH/c9-6-1-2-8(6)3-5(4-8)7(10)11;/h5-6H,1-4,9H2,(H,10,11);1H. The highest BCUT2D eigenvalue weighted by Crippen LogP contribution is 2.57. The van der Waals surface area contributed by atoms with Crippen molar-refractivity contribution >= 4 is 18.4 Å². The summed E-state index contributed by atoms with van der Waals surface area (Å²) >= 11 is 0. The van der Waals surface area contributed by atoms with Gasteiger partial charge in [0.15, 0.2) is 0 Å². The Morgan fingerprint density at radius 3 is 2.33 bits per heavy atom. The summed E-state index contributed by atoms with van der Waals surface area (Å²) < 4.78 is 0. The first-order valence-corrected chi connectivity index (χ1v) is 4.12. The van der Waals surface area contributed by atoms with Gasteiger partial charge in [0.25, 0.3) is 0 Å². The van der Waals surface area contributed by atoms with Gasteiger partial charge in [0.05, 0.1) is 5.92 Å². The molecular formula is C8H14ClNO2. The third kappa shape index (κ3) is 1.12. The fraction of sp³-hybridized carbons (Fsp3) is 0.875. The first kappa shape index (κ1) is 9.81. The van der Waals surface area contributed by atoms with Gasteiger partial charge in [-0.15, -0.1) is 12.4 Å². The summed E-state index contributed by atoms with van der Waals surface area (Å²) in [5.41, 5.74) is 6.04. The van der Waals surface area contributed by atoms with Crippen molar-refractivity contribution in [2.24, 2.45) is 17.1 Å². The average Bonchev–Trinajstić information content (AvgIpc) is 1.81. The number of hydrogen-bond donors (Lipinski definition) is 2. The number of carboxylic acids is 1. The molecule has 2 aliphatic carbocycles. The van der Waals surface area contributed by atoms with Crippen molar-refractivity contribution in [1.82, 2.24) is 0 Å². The van der Waals surface area contributed by atoms with Crippen molar-refractivity contribution in [3.05, 3.63) is 0 Å². The van der Waals surface area contributed by atoms with E-state index >= 15 is 0 Å². The second-order valence-electron chi connectivity index (χ2n) is 3.95. The van der Waals surface area contributed by atoms with Crippen LogP contribution in [0.25, 0.3) is 0 Å². The molecule has 70 valence electrons. The van der Waals surface area contributed by atoms with Crippen LogP contribution < -0.4 is 5.73 Å². The lowest BCUT2D eigenvalue weighted by Gasteiger charge is -2.57. The molecule has 0 aromatic heterocycles. The molecule has 0 aromatic rings. The van der Waals surface area contributed by atoms with Gasteiger partial charge in [-0.3, -0.25) is 4.79 Å². The first-order valence-electron chi connectivity index (χ1n) is 4.12. The summed E-state index contributed by atoms with van der Waals surface area (Å²) in [7, 11) is 0. The van der Waals surface area contributed by atoms with E-state index in [1.807, 2.05) is 0 Å². The summed E-state index contributed by atoms with van der Waals surface area (Å²) in [6, 6.07) is 0.290. The lowest BCUT2D eigenvalue weighted by atomic mass is 9.49. The van der Waals surface area contributed by atoms with E-state index in [2.05, 4.69) is 0 Å². The predicted octanol–water partition coefficient (Wildman–Crippen LogP) is 1.01. The minimum atomic E-state index is -0.644. The maximum absolute atomic E-state index is 10.5. The van der Waals surface area contributed by atoms with Crippen LogP contribution >= 0.6 is 12.4 Å². The SMILES string of the molecule is Cl.NC1CCC12CC(C(=O)O)C2. The maximum Gasteiger partial charge on any atom is 0.306 e. The van der Waals surface area contributed by atoms with Crippen molar-refractivity contribution in [2.45, 2.75) is 31.7 Å². The predicted molar refractivity (Wildman–Crippen MR) is 47.3 cm³/mol. The van der Waals surface area contributed by atoms with Crippen molar-refractivity contribution in [3.8, 4) is 0 Å². The molecule has 1 spiro atoms. The van der Waals surface area contributed by atoms with E-state index in [0.29, 0.717) is 0 Å². The van der Waals surface area contributed by atoms with E-state index in [-0.39, 0.29) is 29.8 Å². The molecule has 12 heavy (non-hydrogen) atoms. The van der Waals surface area contributed by atoms with Crippen LogP contribution in [0, 0.1) is 11.3 Å². The molecule has 0 saturated heterocycles. The van der Waals surface area contributed by atoms with Crippen LogP contribution in [0.3, 0.4) is 0 Å². The fourth-order valence-electron chi connectivity index (χ4n) is 2.32. The molecule has 0 heterocycles. The van der Waals surface area contributed by atoms with Crippen LogP contribution in [0.2, 0.25) is 0 Å². The Morgan fingerprint density at radius 2 is 2.08 bits per heavy atom. The number of halogens is 1. The number of carboxylic acid groups (broad SMARTS) is 1. The number of carbonyl (C=O) groups is 1. The molecule has 2 saturated carbocycles. The van der Waals surface area contributed by atoms with Crippen LogP contribution in [0.15, 0.2) is 0 Å². The number of rotatable bonds is 1. The zero-order valence-corrected chi connectivity index (χ0v) is 7.64. The second-order valence-corrected chi connectivity index (χ2v) is 3.95. The Bertz CT molecular complexity index is 201. The van der Waals surface area contributed by atoms with E-state index in [1.54, 1.807) is 0 Å². The highest BCUT2D eigenvalue weighted by molar-refractivity contribution is 5.85. The van der Waals surface area contributed by atoms with Crippen LogP contribution in [0.4, 0.5) is 0 Å². The molecule has 0 radical (unpaired) electrons. The van der Waals surface area contributed by atoms with E-state index in [4.69, 9.17) is 10.8 Å². The van der Waals surface area contributed by atoms with Gasteiger partial charge in [-0.2, -0.15) is 0 Å². The third-order valence-electron chi connectivity index (χ3n) is 3.39. The molecule has 4 heteroatoms. The van der Waals surface area contributed by atoms with Gasteiger partial charge in [-0.25, -0.2) is 0 Å². The molecule has 3 N–H and O–H groups in total. The van der Waals surface area contributed by atoms with Crippen LogP contribution in [-0.2, 0) is 4.79 Å². The molecule has 2 rings (SSSR count). The third-order valence-corrected chi connectivity index (χ3v) is 3.39. The van der Waals surface area contributed by atoms with Gasteiger partial charge >= 0.3 is 5.97 Å².